The standard InChI is InChI=1S/C12H13N5O/c1-13-12(18)11-6-9(3-5-15-11)16-7-10-2-4-14-8-17-10/h2-6,8H,7H2,1H3,(H,13,18)(H,15,16). The van der Waals surface area contributed by atoms with Gasteiger partial charge in [0, 0.05) is 25.1 Å². The van der Waals surface area contributed by atoms with Gasteiger partial charge in [-0.05, 0) is 18.2 Å². The number of rotatable bonds is 4. The number of hydrogen-bond donors (Lipinski definition) is 2. The molecule has 0 atom stereocenters. The topological polar surface area (TPSA) is 79.8 Å². The second-order valence-corrected chi connectivity index (χ2v) is 3.56. The van der Waals surface area contributed by atoms with Crippen molar-refractivity contribution in [3.63, 3.8) is 0 Å². The van der Waals surface area contributed by atoms with Crippen molar-refractivity contribution in [1.29, 1.82) is 0 Å². The number of hydrogen-bond acceptors (Lipinski definition) is 5. The van der Waals surface area contributed by atoms with Gasteiger partial charge in [-0.2, -0.15) is 0 Å². The first kappa shape index (κ1) is 12.0. The molecule has 2 aromatic rings. The fraction of sp³-hybridized carbons (Fsp3) is 0.167. The number of carbonyl (C=O) groups excluding carboxylic acids is 1. The van der Waals surface area contributed by atoms with Crippen molar-refractivity contribution in [2.24, 2.45) is 0 Å². The van der Waals surface area contributed by atoms with E-state index in [1.54, 1.807) is 31.6 Å². The molecule has 6 nitrogen and oxygen atoms in total. The summed E-state index contributed by atoms with van der Waals surface area (Å²) in [5, 5.41) is 5.70. The van der Waals surface area contributed by atoms with Gasteiger partial charge in [0.05, 0.1) is 12.2 Å². The molecule has 0 spiro atoms. The van der Waals surface area contributed by atoms with Gasteiger partial charge in [0.1, 0.15) is 12.0 Å². The number of amides is 1. The molecule has 6 heteroatoms. The molecule has 2 N–H and O–H groups in total. The van der Waals surface area contributed by atoms with Gasteiger partial charge < -0.3 is 10.6 Å². The maximum atomic E-state index is 11.4. The van der Waals surface area contributed by atoms with Crippen LogP contribution in [0.5, 0.6) is 0 Å². The van der Waals surface area contributed by atoms with Crippen molar-refractivity contribution >= 4 is 11.6 Å². The third-order valence-corrected chi connectivity index (χ3v) is 2.34. The Hall–Kier alpha value is -2.50. The van der Waals surface area contributed by atoms with E-state index in [-0.39, 0.29) is 5.91 Å². The number of nitrogens with zero attached hydrogens (tertiary/aromatic N) is 3. The Morgan fingerprint density at radius 2 is 2.17 bits per heavy atom. The summed E-state index contributed by atoms with van der Waals surface area (Å²) in [6.07, 6.45) is 4.78. The molecule has 0 aliphatic rings. The van der Waals surface area contributed by atoms with Gasteiger partial charge in [-0.3, -0.25) is 9.78 Å². The van der Waals surface area contributed by atoms with Crippen LogP contribution in [0, 0.1) is 0 Å². The molecule has 18 heavy (non-hydrogen) atoms. The average molecular weight is 243 g/mol. The predicted molar refractivity (Wildman–Crippen MR) is 67.0 cm³/mol. The molecule has 2 aromatic heterocycles. The summed E-state index contributed by atoms with van der Waals surface area (Å²) in [6, 6.07) is 5.32. The summed E-state index contributed by atoms with van der Waals surface area (Å²) < 4.78 is 0. The quantitative estimate of drug-likeness (QED) is 0.832. The van der Waals surface area contributed by atoms with Crippen molar-refractivity contribution in [2.75, 3.05) is 12.4 Å². The Kier molecular flexibility index (Phi) is 3.80. The van der Waals surface area contributed by atoms with Gasteiger partial charge in [0.2, 0.25) is 0 Å². The van der Waals surface area contributed by atoms with Gasteiger partial charge in [-0.25, -0.2) is 9.97 Å². The Bertz CT molecular complexity index is 529. The van der Waals surface area contributed by atoms with Crippen molar-refractivity contribution in [3.05, 3.63) is 48.3 Å². The summed E-state index contributed by atoms with van der Waals surface area (Å²) in [5.74, 6) is -0.208. The van der Waals surface area contributed by atoms with Crippen LogP contribution in [-0.4, -0.2) is 27.9 Å². The Morgan fingerprint density at radius 3 is 2.89 bits per heavy atom. The molecule has 0 bridgehead atoms. The van der Waals surface area contributed by atoms with Crippen molar-refractivity contribution in [2.45, 2.75) is 6.54 Å². The van der Waals surface area contributed by atoms with E-state index >= 15 is 0 Å². The van der Waals surface area contributed by atoms with Crippen LogP contribution in [0.1, 0.15) is 16.2 Å². The number of nitrogens with one attached hydrogen (secondary N) is 2. The van der Waals surface area contributed by atoms with E-state index in [1.807, 2.05) is 6.07 Å². The molecule has 0 fully saturated rings. The van der Waals surface area contributed by atoms with Crippen LogP contribution in [0.4, 0.5) is 5.69 Å². The molecule has 1 amide bonds. The van der Waals surface area contributed by atoms with Crippen molar-refractivity contribution in [3.8, 4) is 0 Å². The van der Waals surface area contributed by atoms with E-state index in [9.17, 15) is 4.79 Å². The highest BCUT2D eigenvalue weighted by Gasteiger charge is 2.05. The minimum Gasteiger partial charge on any atom is -0.379 e. The maximum absolute atomic E-state index is 11.4. The number of carbonyl (C=O) groups is 1. The second kappa shape index (κ2) is 5.72. The van der Waals surface area contributed by atoms with Gasteiger partial charge in [0.15, 0.2) is 0 Å². The average Bonchev–Trinajstić information content (AvgIpc) is 2.45. The first-order valence-corrected chi connectivity index (χ1v) is 5.46. The number of aromatic nitrogens is 3. The smallest absolute Gasteiger partial charge is 0.269 e. The number of anilines is 1. The zero-order valence-electron chi connectivity index (χ0n) is 9.92. The zero-order valence-corrected chi connectivity index (χ0v) is 9.92. The lowest BCUT2D eigenvalue weighted by atomic mass is 10.3. The zero-order chi connectivity index (χ0) is 12.8. The number of pyridine rings is 1. The fourth-order valence-electron chi connectivity index (χ4n) is 1.41. The minimum atomic E-state index is -0.208. The van der Waals surface area contributed by atoms with E-state index in [0.717, 1.165) is 11.4 Å². The molecular formula is C12H13N5O. The van der Waals surface area contributed by atoms with Crippen LogP contribution in [0.15, 0.2) is 36.9 Å². The van der Waals surface area contributed by atoms with Crippen LogP contribution >= 0.6 is 0 Å². The third-order valence-electron chi connectivity index (χ3n) is 2.34. The molecule has 0 aliphatic carbocycles. The summed E-state index contributed by atoms with van der Waals surface area (Å²) >= 11 is 0. The van der Waals surface area contributed by atoms with Crippen LogP contribution in [-0.2, 0) is 6.54 Å². The first-order chi connectivity index (χ1) is 8.79. The van der Waals surface area contributed by atoms with E-state index in [2.05, 4.69) is 25.6 Å². The molecule has 92 valence electrons. The van der Waals surface area contributed by atoms with Crippen molar-refractivity contribution in [1.82, 2.24) is 20.3 Å². The van der Waals surface area contributed by atoms with Crippen molar-refractivity contribution < 1.29 is 4.79 Å². The Morgan fingerprint density at radius 1 is 1.28 bits per heavy atom. The molecule has 0 aromatic carbocycles. The SMILES string of the molecule is CNC(=O)c1cc(NCc2ccncn2)ccn1. The van der Waals surface area contributed by atoms with Gasteiger partial charge in [-0.15, -0.1) is 0 Å². The summed E-state index contributed by atoms with van der Waals surface area (Å²) in [7, 11) is 1.57. The molecule has 2 heterocycles. The van der Waals surface area contributed by atoms with Crippen LogP contribution in [0.25, 0.3) is 0 Å². The molecule has 2 rings (SSSR count). The van der Waals surface area contributed by atoms with E-state index in [0.29, 0.717) is 12.2 Å². The lowest BCUT2D eigenvalue weighted by Crippen LogP contribution is -2.19. The van der Waals surface area contributed by atoms with Gasteiger partial charge in [0.25, 0.3) is 5.91 Å². The van der Waals surface area contributed by atoms with Gasteiger partial charge >= 0.3 is 0 Å². The van der Waals surface area contributed by atoms with E-state index in [4.69, 9.17) is 0 Å². The largest absolute Gasteiger partial charge is 0.379 e. The molecule has 0 saturated heterocycles. The Balaban J connectivity index is 2.04. The highest BCUT2D eigenvalue weighted by Crippen LogP contribution is 2.09. The predicted octanol–water partition coefficient (Wildman–Crippen LogP) is 0.843. The lowest BCUT2D eigenvalue weighted by Gasteiger charge is -2.06. The van der Waals surface area contributed by atoms with Crippen LogP contribution in [0.2, 0.25) is 0 Å². The van der Waals surface area contributed by atoms with E-state index in [1.165, 1.54) is 6.33 Å². The van der Waals surface area contributed by atoms with Gasteiger partial charge in [-0.1, -0.05) is 0 Å². The molecule has 0 saturated carbocycles. The molecular weight excluding hydrogens is 230 g/mol. The summed E-state index contributed by atoms with van der Waals surface area (Å²) in [5.41, 5.74) is 2.08. The first-order valence-electron chi connectivity index (χ1n) is 5.46. The molecule has 0 unspecified atom stereocenters. The fourth-order valence-corrected chi connectivity index (χ4v) is 1.41. The normalized spacial score (nSPS) is 9.83. The minimum absolute atomic E-state index is 0.208. The van der Waals surface area contributed by atoms with Crippen LogP contribution < -0.4 is 10.6 Å². The molecule has 0 aliphatic heterocycles. The highest BCUT2D eigenvalue weighted by atomic mass is 16.1. The van der Waals surface area contributed by atoms with Crippen LogP contribution in [0.3, 0.4) is 0 Å². The second-order valence-electron chi connectivity index (χ2n) is 3.56. The monoisotopic (exact) mass is 243 g/mol. The summed E-state index contributed by atoms with van der Waals surface area (Å²) in [6.45, 7) is 0.569. The molecule has 0 radical (unpaired) electrons. The summed E-state index contributed by atoms with van der Waals surface area (Å²) in [4.78, 5) is 23.4. The Labute approximate surface area is 105 Å². The maximum Gasteiger partial charge on any atom is 0.269 e. The highest BCUT2D eigenvalue weighted by molar-refractivity contribution is 5.92. The third kappa shape index (κ3) is 3.00. The lowest BCUT2D eigenvalue weighted by molar-refractivity contribution is 0.0958. The van der Waals surface area contributed by atoms with E-state index < -0.39 is 0 Å².